The van der Waals surface area contributed by atoms with Crippen LogP contribution in [-0.2, 0) is 0 Å². The summed E-state index contributed by atoms with van der Waals surface area (Å²) in [6.07, 6.45) is 5.21. The van der Waals surface area contributed by atoms with Crippen LogP contribution in [0.15, 0.2) is 24.5 Å². The van der Waals surface area contributed by atoms with Gasteiger partial charge >= 0.3 is 0 Å². The zero-order valence-electron chi connectivity index (χ0n) is 15.2. The van der Waals surface area contributed by atoms with Gasteiger partial charge in [-0.3, -0.25) is 4.98 Å². The zero-order chi connectivity index (χ0) is 17.7. The van der Waals surface area contributed by atoms with Crippen molar-refractivity contribution < 1.29 is 14.6 Å². The van der Waals surface area contributed by atoms with Gasteiger partial charge in [0, 0.05) is 30.5 Å². The second kappa shape index (κ2) is 8.15. The van der Waals surface area contributed by atoms with E-state index in [2.05, 4.69) is 31.8 Å². The summed E-state index contributed by atoms with van der Waals surface area (Å²) >= 11 is 0. The lowest BCUT2D eigenvalue weighted by Crippen LogP contribution is -2.10. The molecular formula is C20H27NO3. The third-order valence-corrected chi connectivity index (χ3v) is 4.73. The molecule has 0 spiro atoms. The molecule has 0 radical (unpaired) electrons. The smallest absolute Gasteiger partial charge is 0.126 e. The average molecular weight is 329 g/mol. The number of rotatable bonds is 7. The molecule has 1 unspecified atom stereocenters. The summed E-state index contributed by atoms with van der Waals surface area (Å²) in [6.45, 7) is 6.36. The lowest BCUT2D eigenvalue weighted by molar-refractivity contribution is 0.281. The summed E-state index contributed by atoms with van der Waals surface area (Å²) in [6, 6.07) is 4.02. The van der Waals surface area contributed by atoms with Gasteiger partial charge in [-0.25, -0.2) is 0 Å². The van der Waals surface area contributed by atoms with E-state index in [-0.39, 0.29) is 12.5 Å². The van der Waals surface area contributed by atoms with Gasteiger partial charge < -0.3 is 14.6 Å². The fraction of sp³-hybridized carbons (Fsp3) is 0.450. The van der Waals surface area contributed by atoms with E-state index in [0.717, 1.165) is 52.2 Å². The highest BCUT2D eigenvalue weighted by Gasteiger charge is 2.26. The third kappa shape index (κ3) is 3.39. The van der Waals surface area contributed by atoms with Gasteiger partial charge in [-0.2, -0.15) is 0 Å². The van der Waals surface area contributed by atoms with E-state index >= 15 is 0 Å². The Kier molecular flexibility index (Phi) is 6.21. The van der Waals surface area contributed by atoms with Crippen molar-refractivity contribution in [3.63, 3.8) is 0 Å². The van der Waals surface area contributed by atoms with Crippen LogP contribution in [0, 0.1) is 20.8 Å². The van der Waals surface area contributed by atoms with Crippen molar-refractivity contribution >= 4 is 0 Å². The quantitative estimate of drug-likeness (QED) is 0.836. The first-order chi connectivity index (χ1) is 11.6. The first-order valence-corrected chi connectivity index (χ1v) is 8.29. The van der Waals surface area contributed by atoms with Gasteiger partial charge in [-0.1, -0.05) is 6.07 Å². The molecule has 0 fully saturated rings. The Morgan fingerprint density at radius 1 is 1.04 bits per heavy atom. The number of hydrogen-bond donors (Lipinski definition) is 1. The van der Waals surface area contributed by atoms with Crippen molar-refractivity contribution in [3.8, 4) is 11.5 Å². The van der Waals surface area contributed by atoms with Crippen LogP contribution in [0.4, 0.5) is 0 Å². The summed E-state index contributed by atoms with van der Waals surface area (Å²) in [4.78, 5) is 4.27. The topological polar surface area (TPSA) is 51.6 Å². The van der Waals surface area contributed by atoms with Crippen molar-refractivity contribution in [2.24, 2.45) is 0 Å². The van der Waals surface area contributed by atoms with Gasteiger partial charge in [0.1, 0.15) is 11.5 Å². The molecule has 1 atom stereocenters. The highest BCUT2D eigenvalue weighted by molar-refractivity contribution is 5.60. The van der Waals surface area contributed by atoms with Gasteiger partial charge in [0.2, 0.25) is 0 Å². The number of aliphatic hydroxyl groups is 1. The van der Waals surface area contributed by atoms with E-state index in [9.17, 15) is 5.11 Å². The van der Waals surface area contributed by atoms with Crippen molar-refractivity contribution in [1.82, 2.24) is 4.98 Å². The van der Waals surface area contributed by atoms with E-state index in [1.165, 1.54) is 0 Å². The Morgan fingerprint density at radius 2 is 1.71 bits per heavy atom. The van der Waals surface area contributed by atoms with Crippen molar-refractivity contribution in [3.05, 3.63) is 52.3 Å². The average Bonchev–Trinajstić information content (AvgIpc) is 2.61. The monoisotopic (exact) mass is 329 g/mol. The molecule has 1 heterocycles. The summed E-state index contributed by atoms with van der Waals surface area (Å²) in [5.74, 6) is 1.91. The Bertz CT molecular complexity index is 683. The van der Waals surface area contributed by atoms with E-state index in [1.807, 2.05) is 12.3 Å². The van der Waals surface area contributed by atoms with E-state index < -0.39 is 0 Å². The van der Waals surface area contributed by atoms with Crippen LogP contribution in [0.2, 0.25) is 0 Å². The predicted octanol–water partition coefficient (Wildman–Crippen LogP) is 3.93. The lowest BCUT2D eigenvalue weighted by atomic mass is 9.82. The van der Waals surface area contributed by atoms with Crippen molar-refractivity contribution in [1.29, 1.82) is 0 Å². The lowest BCUT2D eigenvalue weighted by Gasteiger charge is -2.26. The van der Waals surface area contributed by atoms with E-state index in [0.29, 0.717) is 0 Å². The number of benzene rings is 1. The minimum atomic E-state index is 0.106. The van der Waals surface area contributed by atoms with E-state index in [4.69, 9.17) is 9.47 Å². The second-order valence-electron chi connectivity index (χ2n) is 6.06. The van der Waals surface area contributed by atoms with Crippen LogP contribution in [0.25, 0.3) is 0 Å². The van der Waals surface area contributed by atoms with Gasteiger partial charge in [-0.15, -0.1) is 0 Å². The summed E-state index contributed by atoms with van der Waals surface area (Å²) in [7, 11) is 3.42. The van der Waals surface area contributed by atoms with Crippen LogP contribution >= 0.6 is 0 Å². The molecule has 0 aliphatic carbocycles. The van der Waals surface area contributed by atoms with Crippen molar-refractivity contribution in [2.75, 3.05) is 20.8 Å². The minimum Gasteiger partial charge on any atom is -0.496 e. The highest BCUT2D eigenvalue weighted by atomic mass is 16.5. The first kappa shape index (κ1) is 18.3. The third-order valence-electron chi connectivity index (χ3n) is 4.73. The molecule has 4 heteroatoms. The molecule has 4 nitrogen and oxygen atoms in total. The fourth-order valence-corrected chi connectivity index (χ4v) is 3.46. The minimum absolute atomic E-state index is 0.106. The highest BCUT2D eigenvalue weighted by Crippen LogP contribution is 2.44. The maximum absolute atomic E-state index is 9.33. The standard InChI is InChI=1S/C20H27NO3/c1-13-14(2)20(24-5)18(15(3)19(13)23-4)17(9-7-11-22)16-8-6-10-21-12-16/h6,8,10,12,17,22H,7,9,11H2,1-5H3. The van der Waals surface area contributed by atoms with Crippen LogP contribution in [0.1, 0.15) is 46.6 Å². The Balaban J connectivity index is 2.71. The Hall–Kier alpha value is -2.07. The number of hydrogen-bond acceptors (Lipinski definition) is 4. The first-order valence-electron chi connectivity index (χ1n) is 8.29. The molecule has 1 aromatic heterocycles. The molecule has 0 aliphatic rings. The molecular weight excluding hydrogens is 302 g/mol. The predicted molar refractivity (Wildman–Crippen MR) is 96.2 cm³/mol. The second-order valence-corrected chi connectivity index (χ2v) is 6.06. The molecule has 0 saturated heterocycles. The molecule has 0 saturated carbocycles. The molecule has 2 rings (SSSR count). The SMILES string of the molecule is COc1c(C)c(C)c(OC)c(C(CCCO)c2cccnc2)c1C. The van der Waals surface area contributed by atoms with Gasteiger partial charge in [0.15, 0.2) is 0 Å². The van der Waals surface area contributed by atoms with Gasteiger partial charge in [-0.05, 0) is 61.9 Å². The maximum atomic E-state index is 9.33. The molecule has 1 N–H and O–H groups in total. The maximum Gasteiger partial charge on any atom is 0.126 e. The fourth-order valence-electron chi connectivity index (χ4n) is 3.46. The largest absolute Gasteiger partial charge is 0.496 e. The Morgan fingerprint density at radius 3 is 2.25 bits per heavy atom. The summed E-state index contributed by atoms with van der Waals surface area (Å²) in [5, 5.41) is 9.33. The number of pyridine rings is 1. The normalized spacial score (nSPS) is 12.1. The van der Waals surface area contributed by atoms with Gasteiger partial charge in [0.25, 0.3) is 0 Å². The Labute approximate surface area is 144 Å². The molecule has 24 heavy (non-hydrogen) atoms. The number of aromatic nitrogens is 1. The molecule has 0 bridgehead atoms. The zero-order valence-corrected chi connectivity index (χ0v) is 15.2. The summed E-state index contributed by atoms with van der Waals surface area (Å²) < 4.78 is 11.4. The van der Waals surface area contributed by atoms with Crippen LogP contribution < -0.4 is 9.47 Å². The number of methoxy groups -OCH3 is 2. The van der Waals surface area contributed by atoms with E-state index in [1.54, 1.807) is 20.4 Å². The molecule has 130 valence electrons. The van der Waals surface area contributed by atoms with Crippen LogP contribution in [0.3, 0.4) is 0 Å². The summed E-state index contributed by atoms with van der Waals surface area (Å²) in [5.41, 5.74) is 5.52. The van der Waals surface area contributed by atoms with Crippen LogP contribution in [0.5, 0.6) is 11.5 Å². The molecule has 1 aromatic carbocycles. The number of aliphatic hydroxyl groups excluding tert-OH is 1. The molecule has 2 aromatic rings. The number of ether oxygens (including phenoxy) is 2. The molecule has 0 amide bonds. The number of nitrogens with zero attached hydrogens (tertiary/aromatic N) is 1. The van der Waals surface area contributed by atoms with Crippen molar-refractivity contribution in [2.45, 2.75) is 39.5 Å². The van der Waals surface area contributed by atoms with Crippen LogP contribution in [-0.4, -0.2) is 30.9 Å². The van der Waals surface area contributed by atoms with Gasteiger partial charge in [0.05, 0.1) is 14.2 Å². The molecule has 0 aliphatic heterocycles.